The third-order valence-corrected chi connectivity index (χ3v) is 7.13. The topological polar surface area (TPSA) is 87.5 Å². The highest BCUT2D eigenvalue weighted by molar-refractivity contribution is 5.91. The van der Waals surface area contributed by atoms with Gasteiger partial charge in [0.05, 0.1) is 28.8 Å². The van der Waals surface area contributed by atoms with E-state index in [-0.39, 0.29) is 24.1 Å². The van der Waals surface area contributed by atoms with Gasteiger partial charge in [0.25, 0.3) is 0 Å². The van der Waals surface area contributed by atoms with E-state index in [9.17, 15) is 22.4 Å². The van der Waals surface area contributed by atoms with E-state index in [2.05, 4.69) is 44.2 Å². The van der Waals surface area contributed by atoms with Crippen molar-refractivity contribution in [2.45, 2.75) is 26.1 Å². The summed E-state index contributed by atoms with van der Waals surface area (Å²) in [7, 11) is 1.70. The Bertz CT molecular complexity index is 1580. The quantitative estimate of drug-likeness (QED) is 0.259. The fourth-order valence-corrected chi connectivity index (χ4v) is 4.77. The van der Waals surface area contributed by atoms with E-state index >= 15 is 0 Å². The minimum absolute atomic E-state index is 0.137. The predicted octanol–water partition coefficient (Wildman–Crippen LogP) is 5.63. The number of amides is 1. The van der Waals surface area contributed by atoms with Crippen LogP contribution in [0.2, 0.25) is 0 Å². The van der Waals surface area contributed by atoms with Crippen molar-refractivity contribution in [2.75, 3.05) is 43.4 Å². The van der Waals surface area contributed by atoms with Crippen LogP contribution in [0.1, 0.15) is 19.4 Å². The smallest absolute Gasteiger partial charge is 0.416 e. The normalized spacial score (nSPS) is 14.9. The molecule has 0 unspecified atom stereocenters. The van der Waals surface area contributed by atoms with Crippen LogP contribution in [-0.2, 0) is 18.0 Å². The lowest BCUT2D eigenvalue weighted by atomic mass is 10.2. The number of anilines is 3. The van der Waals surface area contributed by atoms with Gasteiger partial charge in [-0.05, 0) is 50.2 Å². The number of carbonyl (C=O) groups is 1. The minimum Gasteiger partial charge on any atom is -0.457 e. The van der Waals surface area contributed by atoms with Gasteiger partial charge in [0.2, 0.25) is 11.9 Å². The number of aryl methyl sites for hydroxylation is 1. The van der Waals surface area contributed by atoms with E-state index in [4.69, 9.17) is 4.74 Å². The number of hydrogen-bond donors (Lipinski definition) is 2. The average Bonchev–Trinajstić information content (AvgIpc) is 3.23. The molecule has 1 aliphatic heterocycles. The van der Waals surface area contributed by atoms with Crippen LogP contribution < -0.4 is 15.4 Å². The lowest BCUT2D eigenvalue weighted by Gasteiger charge is -2.36. The second-order valence-corrected chi connectivity index (χ2v) is 10.4. The Hall–Kier alpha value is -4.23. The van der Waals surface area contributed by atoms with Gasteiger partial charge >= 0.3 is 6.18 Å². The molecule has 1 aliphatic rings. The molecule has 13 heteroatoms. The lowest BCUT2D eigenvalue weighted by molar-refractivity contribution is -0.137. The standard InChI is InChI=1S/C29H31F4N7O2/c1-18(2)40-12-10-39(11-13-40)17-27(41)37-26-16-21(8-9-34-26)42-20-5-7-25-24(15-20)36-28(38(25)3)35-23-6-4-19(14-22(23)30)29(31,32)33/h4-9,14-16,18H,10-13,17H2,1-3H3,(H,35,36)(H,34,37,41). The van der Waals surface area contributed by atoms with Crippen LogP contribution in [0.5, 0.6) is 11.5 Å². The molecule has 4 aromatic rings. The molecule has 0 aliphatic carbocycles. The minimum atomic E-state index is -4.64. The number of nitrogens with zero attached hydrogens (tertiary/aromatic N) is 5. The summed E-state index contributed by atoms with van der Waals surface area (Å²) in [6, 6.07) is 11.2. The summed E-state index contributed by atoms with van der Waals surface area (Å²) in [5, 5.41) is 5.58. The van der Waals surface area contributed by atoms with E-state index in [1.54, 1.807) is 41.9 Å². The van der Waals surface area contributed by atoms with Crippen molar-refractivity contribution in [3.63, 3.8) is 0 Å². The molecule has 42 heavy (non-hydrogen) atoms. The molecule has 5 rings (SSSR count). The Labute approximate surface area is 240 Å². The number of piperazine rings is 1. The first kappa shape index (κ1) is 29.3. The first-order valence-electron chi connectivity index (χ1n) is 13.5. The first-order chi connectivity index (χ1) is 20.0. The summed E-state index contributed by atoms with van der Waals surface area (Å²) in [6.45, 7) is 8.13. The Kier molecular flexibility index (Phi) is 8.32. The van der Waals surface area contributed by atoms with Crippen LogP contribution in [0.25, 0.3) is 11.0 Å². The van der Waals surface area contributed by atoms with Gasteiger partial charge in [-0.2, -0.15) is 13.2 Å². The number of fused-ring (bicyclic) bond motifs is 1. The first-order valence-corrected chi connectivity index (χ1v) is 13.5. The SMILES string of the molecule is CC(C)N1CCN(CC(=O)Nc2cc(Oc3ccc4c(c3)nc(Nc3ccc(C(F)(F)F)cc3F)n4C)ccn2)CC1. The van der Waals surface area contributed by atoms with Crippen LogP contribution in [0.3, 0.4) is 0 Å². The fourth-order valence-electron chi connectivity index (χ4n) is 4.77. The molecule has 0 saturated carbocycles. The van der Waals surface area contributed by atoms with Crippen LogP contribution in [0.4, 0.5) is 35.0 Å². The summed E-state index contributed by atoms with van der Waals surface area (Å²) in [4.78, 5) is 25.8. The Balaban J connectivity index is 1.23. The monoisotopic (exact) mass is 585 g/mol. The number of nitrogens with one attached hydrogen (secondary N) is 2. The zero-order valence-corrected chi connectivity index (χ0v) is 23.4. The second-order valence-electron chi connectivity index (χ2n) is 10.4. The summed E-state index contributed by atoms with van der Waals surface area (Å²) < 4.78 is 60.6. The van der Waals surface area contributed by atoms with Crippen LogP contribution >= 0.6 is 0 Å². The summed E-state index contributed by atoms with van der Waals surface area (Å²) in [5.41, 5.74) is -0.00237. The predicted molar refractivity (Wildman–Crippen MR) is 151 cm³/mol. The largest absolute Gasteiger partial charge is 0.457 e. The molecule has 0 spiro atoms. The Morgan fingerprint density at radius 3 is 2.45 bits per heavy atom. The second kappa shape index (κ2) is 11.9. The number of ether oxygens (including phenoxy) is 1. The number of rotatable bonds is 8. The van der Waals surface area contributed by atoms with Gasteiger partial charge in [-0.15, -0.1) is 0 Å². The van der Waals surface area contributed by atoms with Crippen molar-refractivity contribution >= 4 is 34.4 Å². The molecule has 222 valence electrons. The molecule has 2 aromatic heterocycles. The van der Waals surface area contributed by atoms with Crippen LogP contribution in [-0.4, -0.2) is 69.0 Å². The molecular weight excluding hydrogens is 554 g/mol. The summed E-state index contributed by atoms with van der Waals surface area (Å²) in [6.07, 6.45) is -3.11. The van der Waals surface area contributed by atoms with Crippen molar-refractivity contribution in [3.05, 3.63) is 66.1 Å². The van der Waals surface area contributed by atoms with E-state index in [1.165, 1.54) is 6.20 Å². The molecule has 0 bridgehead atoms. The number of carbonyl (C=O) groups excluding carboxylic acids is 1. The zero-order chi connectivity index (χ0) is 30.0. The highest BCUT2D eigenvalue weighted by Crippen LogP contribution is 2.33. The molecule has 9 nitrogen and oxygen atoms in total. The molecule has 1 fully saturated rings. The van der Waals surface area contributed by atoms with Gasteiger partial charge in [-0.25, -0.2) is 14.4 Å². The maximum absolute atomic E-state index is 14.4. The van der Waals surface area contributed by atoms with Gasteiger partial charge in [-0.3, -0.25) is 14.6 Å². The number of aromatic nitrogens is 3. The van der Waals surface area contributed by atoms with Gasteiger partial charge in [0.15, 0.2) is 0 Å². The highest BCUT2D eigenvalue weighted by Gasteiger charge is 2.31. The molecule has 2 aromatic carbocycles. The zero-order valence-electron chi connectivity index (χ0n) is 23.4. The number of benzene rings is 2. The number of alkyl halides is 3. The number of halogens is 4. The van der Waals surface area contributed by atoms with Gasteiger partial charge < -0.3 is 19.9 Å². The molecular formula is C29H31F4N7O2. The molecule has 1 amide bonds. The number of hydrogen-bond acceptors (Lipinski definition) is 7. The molecule has 1 saturated heterocycles. The Morgan fingerprint density at radius 1 is 1.02 bits per heavy atom. The number of pyridine rings is 1. The van der Waals surface area contributed by atoms with Gasteiger partial charge in [-0.1, -0.05) is 0 Å². The van der Waals surface area contributed by atoms with Crippen molar-refractivity contribution in [2.24, 2.45) is 7.05 Å². The average molecular weight is 586 g/mol. The third kappa shape index (κ3) is 6.80. The number of imidazole rings is 1. The maximum Gasteiger partial charge on any atom is 0.416 e. The summed E-state index contributed by atoms with van der Waals surface area (Å²) in [5.74, 6) is 0.306. The van der Waals surface area contributed by atoms with E-state index < -0.39 is 17.6 Å². The lowest BCUT2D eigenvalue weighted by Crippen LogP contribution is -2.50. The van der Waals surface area contributed by atoms with E-state index in [0.717, 1.165) is 38.3 Å². The molecule has 3 heterocycles. The van der Waals surface area contributed by atoms with E-state index in [0.29, 0.717) is 40.5 Å². The Morgan fingerprint density at radius 2 is 1.76 bits per heavy atom. The maximum atomic E-state index is 14.4. The van der Waals surface area contributed by atoms with Crippen molar-refractivity contribution in [3.8, 4) is 11.5 Å². The van der Waals surface area contributed by atoms with Gasteiger partial charge in [0.1, 0.15) is 23.1 Å². The van der Waals surface area contributed by atoms with E-state index in [1.807, 2.05) is 0 Å². The highest BCUT2D eigenvalue weighted by atomic mass is 19.4. The molecule has 0 atom stereocenters. The third-order valence-electron chi connectivity index (χ3n) is 7.13. The van der Waals surface area contributed by atoms with Crippen molar-refractivity contribution < 1.29 is 27.1 Å². The van der Waals surface area contributed by atoms with Crippen molar-refractivity contribution in [1.29, 1.82) is 0 Å². The fraction of sp³-hybridized carbons (Fsp3) is 0.345. The summed E-state index contributed by atoms with van der Waals surface area (Å²) >= 11 is 0. The molecule has 0 radical (unpaired) electrons. The molecule has 2 N–H and O–H groups in total. The van der Waals surface area contributed by atoms with Crippen LogP contribution in [0, 0.1) is 5.82 Å². The van der Waals surface area contributed by atoms with Crippen molar-refractivity contribution in [1.82, 2.24) is 24.3 Å². The van der Waals surface area contributed by atoms with Crippen LogP contribution in [0.15, 0.2) is 54.7 Å². The van der Waals surface area contributed by atoms with Gasteiger partial charge in [0, 0.05) is 57.6 Å².